The number of benzene rings is 2. The Morgan fingerprint density at radius 1 is 1.06 bits per heavy atom. The number of carbonyl (C=O) groups is 1. The molecule has 3 rings (SSSR count). The summed E-state index contributed by atoms with van der Waals surface area (Å²) in [5, 5.41) is 4.31. The van der Waals surface area contributed by atoms with Gasteiger partial charge >= 0.3 is 0 Å². The number of likely N-dealkylation sites (N-methyl/N-ethyl adjacent to an activating group) is 1. The van der Waals surface area contributed by atoms with E-state index in [1.165, 1.54) is 0 Å². The molecular weight excluding hydrogens is 390 g/mol. The molecule has 0 radical (unpaired) electrons. The maximum atomic E-state index is 13.4. The van der Waals surface area contributed by atoms with E-state index in [0.717, 1.165) is 29.6 Å². The molecule has 3 aromatic rings. The smallest absolute Gasteiger partial charge is 0.263 e. The van der Waals surface area contributed by atoms with Crippen molar-refractivity contribution in [3.63, 3.8) is 0 Å². The maximum absolute atomic E-state index is 13.4. The fraction of sp³-hybridized carbons (Fsp3) is 0.360. The number of hydrogen-bond acceptors (Lipinski definition) is 4. The van der Waals surface area contributed by atoms with E-state index in [1.807, 2.05) is 58.3 Å². The van der Waals surface area contributed by atoms with Gasteiger partial charge < -0.3 is 15.0 Å². The van der Waals surface area contributed by atoms with Crippen molar-refractivity contribution in [3.8, 4) is 11.4 Å². The SMILES string of the molecule is CCNC(=O)c1ccc(C)c(-n2cc(C)c3ccc(OCCN(C)CC)cc3c2=O)c1. The number of carbonyl (C=O) groups excluding carboxylic acids is 1. The Labute approximate surface area is 183 Å². The van der Waals surface area contributed by atoms with E-state index in [1.54, 1.807) is 16.7 Å². The van der Waals surface area contributed by atoms with Gasteiger partial charge in [-0.2, -0.15) is 0 Å². The predicted molar refractivity (Wildman–Crippen MR) is 126 cm³/mol. The van der Waals surface area contributed by atoms with Crippen LogP contribution >= 0.6 is 0 Å². The highest BCUT2D eigenvalue weighted by atomic mass is 16.5. The normalized spacial score (nSPS) is 11.2. The molecule has 1 N–H and O–H groups in total. The van der Waals surface area contributed by atoms with E-state index in [2.05, 4.69) is 17.1 Å². The average molecular weight is 422 g/mol. The van der Waals surface area contributed by atoms with Crippen LogP contribution in [-0.4, -0.2) is 48.7 Å². The number of pyridine rings is 1. The molecule has 0 spiro atoms. The third-order valence-corrected chi connectivity index (χ3v) is 5.54. The molecule has 0 aliphatic heterocycles. The lowest BCUT2D eigenvalue weighted by Gasteiger charge is -2.16. The highest BCUT2D eigenvalue weighted by Crippen LogP contribution is 2.23. The van der Waals surface area contributed by atoms with Crippen molar-refractivity contribution in [1.82, 2.24) is 14.8 Å². The van der Waals surface area contributed by atoms with Crippen molar-refractivity contribution in [2.45, 2.75) is 27.7 Å². The van der Waals surface area contributed by atoms with Crippen LogP contribution in [0, 0.1) is 13.8 Å². The predicted octanol–water partition coefficient (Wildman–Crippen LogP) is 3.69. The minimum absolute atomic E-state index is 0.132. The van der Waals surface area contributed by atoms with Gasteiger partial charge in [0.15, 0.2) is 0 Å². The van der Waals surface area contributed by atoms with Gasteiger partial charge in [0.2, 0.25) is 0 Å². The van der Waals surface area contributed by atoms with Crippen molar-refractivity contribution in [2.75, 3.05) is 33.3 Å². The standard InChI is InChI=1S/C25H31N3O3/c1-6-26-24(29)19-9-8-17(3)23(14-19)28-16-18(4)21-11-10-20(15-22(21)25(28)30)31-13-12-27(5)7-2/h8-11,14-16H,6-7,12-13H2,1-5H3,(H,26,29). The number of amides is 1. The highest BCUT2D eigenvalue weighted by Gasteiger charge is 2.13. The molecule has 0 saturated heterocycles. The topological polar surface area (TPSA) is 63.6 Å². The van der Waals surface area contributed by atoms with Crippen molar-refractivity contribution >= 4 is 16.7 Å². The van der Waals surface area contributed by atoms with Crippen LogP contribution in [0.25, 0.3) is 16.5 Å². The summed E-state index contributed by atoms with van der Waals surface area (Å²) in [5.74, 6) is 0.529. The molecule has 6 heteroatoms. The Kier molecular flexibility index (Phi) is 7.13. The molecule has 1 heterocycles. The van der Waals surface area contributed by atoms with Crippen LogP contribution in [0.4, 0.5) is 0 Å². The first kappa shape index (κ1) is 22.6. The molecule has 0 atom stereocenters. The van der Waals surface area contributed by atoms with Crippen LogP contribution in [0.15, 0.2) is 47.4 Å². The molecule has 0 aliphatic carbocycles. The van der Waals surface area contributed by atoms with Gasteiger partial charge in [-0.25, -0.2) is 0 Å². The van der Waals surface area contributed by atoms with Gasteiger partial charge in [-0.3, -0.25) is 14.2 Å². The minimum atomic E-state index is -0.151. The molecule has 164 valence electrons. The number of fused-ring (bicyclic) bond motifs is 1. The molecule has 0 aliphatic rings. The molecule has 0 fully saturated rings. The summed E-state index contributed by atoms with van der Waals surface area (Å²) in [4.78, 5) is 27.9. The fourth-order valence-corrected chi connectivity index (χ4v) is 3.51. The molecule has 0 bridgehead atoms. The number of aromatic nitrogens is 1. The van der Waals surface area contributed by atoms with Crippen molar-refractivity contribution in [3.05, 3.63) is 69.6 Å². The van der Waals surface area contributed by atoms with E-state index in [9.17, 15) is 9.59 Å². The largest absolute Gasteiger partial charge is 0.492 e. The van der Waals surface area contributed by atoms with Crippen LogP contribution < -0.4 is 15.6 Å². The molecule has 31 heavy (non-hydrogen) atoms. The Morgan fingerprint density at radius 2 is 1.84 bits per heavy atom. The first-order chi connectivity index (χ1) is 14.8. The van der Waals surface area contributed by atoms with Gasteiger partial charge in [0.25, 0.3) is 11.5 Å². The van der Waals surface area contributed by atoms with Crippen LogP contribution in [0.5, 0.6) is 5.75 Å². The molecule has 6 nitrogen and oxygen atoms in total. The zero-order valence-electron chi connectivity index (χ0n) is 19.0. The zero-order valence-corrected chi connectivity index (χ0v) is 19.0. The molecule has 2 aromatic carbocycles. The average Bonchev–Trinajstić information content (AvgIpc) is 2.76. The monoisotopic (exact) mass is 421 g/mol. The number of aryl methyl sites for hydroxylation is 2. The number of rotatable bonds is 8. The maximum Gasteiger partial charge on any atom is 0.263 e. The molecule has 1 aromatic heterocycles. The minimum Gasteiger partial charge on any atom is -0.492 e. The Morgan fingerprint density at radius 3 is 2.55 bits per heavy atom. The quantitative estimate of drug-likeness (QED) is 0.603. The lowest BCUT2D eigenvalue weighted by molar-refractivity contribution is 0.0956. The summed E-state index contributed by atoms with van der Waals surface area (Å²) >= 11 is 0. The molecule has 1 amide bonds. The molecular formula is C25H31N3O3. The second kappa shape index (κ2) is 9.79. The van der Waals surface area contributed by atoms with Gasteiger partial charge in [-0.15, -0.1) is 0 Å². The Bertz CT molecular complexity index is 1150. The van der Waals surface area contributed by atoms with Gasteiger partial charge in [0.1, 0.15) is 12.4 Å². The Balaban J connectivity index is 2.04. The van der Waals surface area contributed by atoms with E-state index < -0.39 is 0 Å². The van der Waals surface area contributed by atoms with Crippen molar-refractivity contribution in [2.24, 2.45) is 0 Å². The van der Waals surface area contributed by atoms with Gasteiger partial charge in [0, 0.05) is 24.8 Å². The number of hydrogen-bond donors (Lipinski definition) is 1. The van der Waals surface area contributed by atoms with Crippen LogP contribution in [0.3, 0.4) is 0 Å². The fourth-order valence-electron chi connectivity index (χ4n) is 3.51. The molecule has 0 unspecified atom stereocenters. The van der Waals surface area contributed by atoms with Gasteiger partial charge in [-0.05, 0) is 75.1 Å². The van der Waals surface area contributed by atoms with Crippen LogP contribution in [0.2, 0.25) is 0 Å². The second-order valence-corrected chi connectivity index (χ2v) is 7.80. The van der Waals surface area contributed by atoms with Crippen molar-refractivity contribution in [1.29, 1.82) is 0 Å². The second-order valence-electron chi connectivity index (χ2n) is 7.80. The van der Waals surface area contributed by atoms with E-state index in [-0.39, 0.29) is 11.5 Å². The summed E-state index contributed by atoms with van der Waals surface area (Å²) < 4.78 is 7.51. The number of nitrogens with zero attached hydrogens (tertiary/aromatic N) is 2. The summed E-state index contributed by atoms with van der Waals surface area (Å²) in [7, 11) is 2.04. The lowest BCUT2D eigenvalue weighted by atomic mass is 10.1. The summed E-state index contributed by atoms with van der Waals surface area (Å²) in [5.41, 5.74) is 3.00. The van der Waals surface area contributed by atoms with E-state index >= 15 is 0 Å². The summed E-state index contributed by atoms with van der Waals surface area (Å²) in [6.07, 6.45) is 1.84. The van der Waals surface area contributed by atoms with Crippen LogP contribution in [0.1, 0.15) is 35.3 Å². The summed E-state index contributed by atoms with van der Waals surface area (Å²) in [6, 6.07) is 11.1. The van der Waals surface area contributed by atoms with E-state index in [0.29, 0.717) is 35.5 Å². The number of ether oxygens (including phenoxy) is 1. The van der Waals surface area contributed by atoms with Crippen LogP contribution in [-0.2, 0) is 0 Å². The van der Waals surface area contributed by atoms with Gasteiger partial charge in [0.05, 0.1) is 11.1 Å². The first-order valence-corrected chi connectivity index (χ1v) is 10.7. The van der Waals surface area contributed by atoms with E-state index in [4.69, 9.17) is 4.74 Å². The Hall–Kier alpha value is -3.12. The first-order valence-electron chi connectivity index (χ1n) is 10.7. The lowest BCUT2D eigenvalue weighted by Crippen LogP contribution is -2.24. The molecule has 0 saturated carbocycles. The third kappa shape index (κ3) is 4.97. The number of nitrogens with one attached hydrogen (secondary N) is 1. The summed E-state index contributed by atoms with van der Waals surface area (Å²) in [6.45, 7) is 10.8. The third-order valence-electron chi connectivity index (χ3n) is 5.54. The highest BCUT2D eigenvalue weighted by molar-refractivity contribution is 5.95. The zero-order chi connectivity index (χ0) is 22.5. The van der Waals surface area contributed by atoms with Gasteiger partial charge in [-0.1, -0.05) is 19.1 Å². The van der Waals surface area contributed by atoms with Crippen molar-refractivity contribution < 1.29 is 9.53 Å².